The van der Waals surface area contributed by atoms with Crippen LogP contribution in [0.2, 0.25) is 0 Å². The summed E-state index contributed by atoms with van der Waals surface area (Å²) in [6.45, 7) is 4.22. The van der Waals surface area contributed by atoms with Gasteiger partial charge >= 0.3 is 29.6 Å². The quantitative estimate of drug-likeness (QED) is 0.204. The fraction of sp³-hybridized carbons (Fsp3) is 1.00. The van der Waals surface area contributed by atoms with E-state index in [4.69, 9.17) is 4.18 Å². The standard InChI is InChI=1S/C18H38O3S.Na.H/c1-3-5-6-7-8-9-10-11-12-13-14-15-16-17-18-22(19,20)21-4-2;;/h3-18H2,1-2H3;;. The van der Waals surface area contributed by atoms with Crippen molar-refractivity contribution in [1.29, 1.82) is 0 Å². The van der Waals surface area contributed by atoms with Crippen LogP contribution < -0.4 is 0 Å². The molecule has 0 fully saturated rings. The van der Waals surface area contributed by atoms with Gasteiger partial charge in [-0.25, -0.2) is 0 Å². The molecule has 0 aromatic rings. The van der Waals surface area contributed by atoms with Gasteiger partial charge < -0.3 is 0 Å². The summed E-state index contributed by atoms with van der Waals surface area (Å²) in [5.41, 5.74) is 0. The van der Waals surface area contributed by atoms with Crippen LogP contribution in [-0.2, 0) is 14.3 Å². The molecule has 136 valence electrons. The van der Waals surface area contributed by atoms with Crippen molar-refractivity contribution in [1.82, 2.24) is 0 Å². The third kappa shape index (κ3) is 20.9. The van der Waals surface area contributed by atoms with Crippen molar-refractivity contribution in [3.05, 3.63) is 0 Å². The number of hydrogen-bond acceptors (Lipinski definition) is 3. The Balaban J connectivity index is 0. The van der Waals surface area contributed by atoms with Gasteiger partial charge in [-0.3, -0.25) is 4.18 Å². The maximum absolute atomic E-state index is 11.3. The molecule has 0 aliphatic rings. The Kier molecular flexibility index (Phi) is 21.9. The molecule has 0 bridgehead atoms. The Hall–Kier alpha value is 0.910. The van der Waals surface area contributed by atoms with E-state index >= 15 is 0 Å². The third-order valence-corrected chi connectivity index (χ3v) is 5.43. The predicted octanol–water partition coefficient (Wildman–Crippen LogP) is 5.19. The first kappa shape index (κ1) is 26.1. The fourth-order valence-corrected chi connectivity index (χ4v) is 3.75. The van der Waals surface area contributed by atoms with E-state index in [1.165, 1.54) is 70.6 Å². The van der Waals surface area contributed by atoms with E-state index in [1.807, 2.05) is 0 Å². The molecule has 0 unspecified atom stereocenters. The van der Waals surface area contributed by atoms with E-state index in [1.54, 1.807) is 6.92 Å². The zero-order valence-corrected chi connectivity index (χ0v) is 15.8. The third-order valence-electron chi connectivity index (χ3n) is 4.05. The molecule has 5 heteroatoms. The van der Waals surface area contributed by atoms with Gasteiger partial charge in [-0.05, 0) is 13.3 Å². The Morgan fingerprint density at radius 3 is 1.30 bits per heavy atom. The van der Waals surface area contributed by atoms with Crippen LogP contribution in [-0.4, -0.2) is 50.3 Å². The number of unbranched alkanes of at least 4 members (excludes halogenated alkanes) is 13. The van der Waals surface area contributed by atoms with E-state index in [-0.39, 0.29) is 41.9 Å². The topological polar surface area (TPSA) is 43.4 Å². The predicted molar refractivity (Wildman–Crippen MR) is 103 cm³/mol. The number of hydrogen-bond donors (Lipinski definition) is 0. The van der Waals surface area contributed by atoms with E-state index in [0.29, 0.717) is 0 Å². The van der Waals surface area contributed by atoms with Crippen molar-refractivity contribution < 1.29 is 12.6 Å². The fourth-order valence-electron chi connectivity index (χ4n) is 2.71. The molecule has 0 saturated heterocycles. The molecule has 0 N–H and O–H groups in total. The van der Waals surface area contributed by atoms with Crippen molar-refractivity contribution in [3.63, 3.8) is 0 Å². The molecule has 0 spiro atoms. The van der Waals surface area contributed by atoms with Crippen LogP contribution in [0.15, 0.2) is 0 Å². The molecule has 23 heavy (non-hydrogen) atoms. The summed E-state index contributed by atoms with van der Waals surface area (Å²) in [4.78, 5) is 0. The summed E-state index contributed by atoms with van der Waals surface area (Å²) in [6, 6.07) is 0. The van der Waals surface area contributed by atoms with Gasteiger partial charge in [0.2, 0.25) is 0 Å². The van der Waals surface area contributed by atoms with Gasteiger partial charge in [0.15, 0.2) is 0 Å². The summed E-state index contributed by atoms with van der Waals surface area (Å²) in [5.74, 6) is 0.179. The summed E-state index contributed by atoms with van der Waals surface area (Å²) in [5, 5.41) is 0. The van der Waals surface area contributed by atoms with E-state index in [0.717, 1.165) is 19.3 Å². The van der Waals surface area contributed by atoms with Gasteiger partial charge in [-0.1, -0.05) is 90.4 Å². The Morgan fingerprint density at radius 2 is 0.957 bits per heavy atom. The molecule has 0 amide bonds. The molecule has 0 atom stereocenters. The van der Waals surface area contributed by atoms with Crippen LogP contribution in [0.3, 0.4) is 0 Å². The molecule has 0 aromatic heterocycles. The number of rotatable bonds is 17. The molecular formula is C18H39NaO3S. The van der Waals surface area contributed by atoms with Crippen LogP contribution in [0.25, 0.3) is 0 Å². The molecule has 0 aliphatic heterocycles. The molecule has 0 radical (unpaired) electrons. The zero-order valence-electron chi connectivity index (χ0n) is 14.9. The molecule has 0 aromatic carbocycles. The average molecular weight is 359 g/mol. The Morgan fingerprint density at radius 1 is 0.609 bits per heavy atom. The van der Waals surface area contributed by atoms with Crippen LogP contribution >= 0.6 is 0 Å². The van der Waals surface area contributed by atoms with Crippen LogP contribution in [0.5, 0.6) is 0 Å². The van der Waals surface area contributed by atoms with E-state index < -0.39 is 10.1 Å². The zero-order chi connectivity index (χ0) is 16.5. The minimum absolute atomic E-state index is 0. The summed E-state index contributed by atoms with van der Waals surface area (Å²) in [7, 11) is -3.25. The maximum atomic E-state index is 11.3. The Labute approximate surface area is 167 Å². The molecule has 0 aliphatic carbocycles. The van der Waals surface area contributed by atoms with E-state index in [2.05, 4.69) is 6.92 Å². The molecule has 3 nitrogen and oxygen atoms in total. The second kappa shape index (κ2) is 19.2. The molecular weight excluding hydrogens is 319 g/mol. The minimum atomic E-state index is -3.25. The van der Waals surface area contributed by atoms with Gasteiger partial charge in [0.1, 0.15) is 0 Å². The second-order valence-electron chi connectivity index (χ2n) is 6.26. The first-order valence-corrected chi connectivity index (χ1v) is 11.1. The van der Waals surface area contributed by atoms with Gasteiger partial charge in [0.25, 0.3) is 10.1 Å². The normalized spacial score (nSPS) is 11.4. The van der Waals surface area contributed by atoms with Crippen molar-refractivity contribution >= 4 is 39.7 Å². The van der Waals surface area contributed by atoms with Crippen molar-refractivity contribution in [2.75, 3.05) is 12.4 Å². The van der Waals surface area contributed by atoms with Crippen LogP contribution in [0.4, 0.5) is 0 Å². The van der Waals surface area contributed by atoms with E-state index in [9.17, 15) is 8.42 Å². The Bertz CT molecular complexity index is 318. The van der Waals surface area contributed by atoms with Gasteiger partial charge in [0, 0.05) is 0 Å². The van der Waals surface area contributed by atoms with Crippen molar-refractivity contribution in [2.24, 2.45) is 0 Å². The second-order valence-corrected chi connectivity index (χ2v) is 8.02. The van der Waals surface area contributed by atoms with Crippen LogP contribution in [0, 0.1) is 0 Å². The van der Waals surface area contributed by atoms with Gasteiger partial charge in [0.05, 0.1) is 12.4 Å². The first-order chi connectivity index (χ1) is 10.6. The first-order valence-electron chi connectivity index (χ1n) is 9.49. The summed E-state index contributed by atoms with van der Waals surface area (Å²) in [6.07, 6.45) is 17.9. The molecule has 0 saturated carbocycles. The molecule has 0 heterocycles. The monoisotopic (exact) mass is 358 g/mol. The van der Waals surface area contributed by atoms with Crippen molar-refractivity contribution in [2.45, 2.75) is 104 Å². The summed E-state index contributed by atoms with van der Waals surface area (Å²) < 4.78 is 27.4. The van der Waals surface area contributed by atoms with Crippen LogP contribution in [0.1, 0.15) is 104 Å². The molecule has 0 rings (SSSR count). The average Bonchev–Trinajstić information content (AvgIpc) is 2.47. The van der Waals surface area contributed by atoms with Gasteiger partial charge in [-0.2, -0.15) is 8.42 Å². The van der Waals surface area contributed by atoms with Crippen molar-refractivity contribution in [3.8, 4) is 0 Å². The van der Waals surface area contributed by atoms with Gasteiger partial charge in [-0.15, -0.1) is 0 Å². The summed E-state index contributed by atoms with van der Waals surface area (Å²) >= 11 is 0. The SMILES string of the molecule is CCCCCCCCCCCCCCCCS(=O)(=O)OCC.[NaH].